The summed E-state index contributed by atoms with van der Waals surface area (Å²) in [5.74, 6) is 0. The molecule has 17 heavy (non-hydrogen) atoms. The average Bonchev–Trinajstić information content (AvgIpc) is 2.39. The lowest BCUT2D eigenvalue weighted by molar-refractivity contribution is 0.319. The summed E-state index contributed by atoms with van der Waals surface area (Å²) in [5.41, 5.74) is 2.89. The monoisotopic (exact) mass is 225 g/mol. The molecule has 1 aliphatic carbocycles. The van der Waals surface area contributed by atoms with Crippen LogP contribution in [0.1, 0.15) is 44.6 Å². The highest BCUT2D eigenvalue weighted by Gasteiger charge is 2.28. The van der Waals surface area contributed by atoms with Gasteiger partial charge in [0.2, 0.25) is 0 Å². The van der Waals surface area contributed by atoms with E-state index in [0.29, 0.717) is 5.41 Å². The van der Waals surface area contributed by atoms with Gasteiger partial charge in [-0.05, 0) is 36.0 Å². The number of para-hydroxylation sites is 1. The van der Waals surface area contributed by atoms with E-state index in [1.165, 1.54) is 43.1 Å². The van der Waals surface area contributed by atoms with Crippen LogP contribution < -0.4 is 0 Å². The second-order valence-corrected chi connectivity index (χ2v) is 5.54. The normalized spacial score (nSPS) is 19.4. The molecule has 1 saturated carbocycles. The molecule has 0 radical (unpaired) electrons. The quantitative estimate of drug-likeness (QED) is 0.698. The largest absolute Gasteiger partial charge is 0.256 e. The van der Waals surface area contributed by atoms with Gasteiger partial charge in [0.15, 0.2) is 0 Å². The fourth-order valence-electron chi connectivity index (χ4n) is 3.02. The van der Waals surface area contributed by atoms with Crippen LogP contribution in [0.15, 0.2) is 36.5 Å². The molecule has 3 rings (SSSR count). The van der Waals surface area contributed by atoms with Crippen molar-refractivity contribution < 1.29 is 0 Å². The van der Waals surface area contributed by atoms with Gasteiger partial charge < -0.3 is 0 Å². The van der Waals surface area contributed by atoms with Crippen molar-refractivity contribution in [3.8, 4) is 0 Å². The van der Waals surface area contributed by atoms with E-state index in [2.05, 4.69) is 48.4 Å². The first-order valence-corrected chi connectivity index (χ1v) is 6.63. The third-order valence-corrected chi connectivity index (χ3v) is 4.24. The van der Waals surface area contributed by atoms with Crippen molar-refractivity contribution in [3.63, 3.8) is 0 Å². The fraction of sp³-hybridized carbons (Fsp3) is 0.438. The van der Waals surface area contributed by atoms with Gasteiger partial charge in [0.1, 0.15) is 0 Å². The highest BCUT2D eigenvalue weighted by atomic mass is 14.7. The predicted octanol–water partition coefficient (Wildman–Crippen LogP) is 4.46. The van der Waals surface area contributed by atoms with Crippen molar-refractivity contribution in [2.24, 2.45) is 0 Å². The van der Waals surface area contributed by atoms with E-state index in [4.69, 9.17) is 0 Å². The second-order valence-electron chi connectivity index (χ2n) is 5.54. The van der Waals surface area contributed by atoms with Gasteiger partial charge in [-0.25, -0.2) is 0 Å². The van der Waals surface area contributed by atoms with Crippen molar-refractivity contribution in [1.29, 1.82) is 0 Å². The Morgan fingerprint density at radius 2 is 1.82 bits per heavy atom. The van der Waals surface area contributed by atoms with E-state index in [1.54, 1.807) is 0 Å². The van der Waals surface area contributed by atoms with Crippen LogP contribution in [-0.4, -0.2) is 4.98 Å². The predicted molar refractivity (Wildman–Crippen MR) is 72.2 cm³/mol. The van der Waals surface area contributed by atoms with E-state index >= 15 is 0 Å². The molecule has 1 fully saturated rings. The topological polar surface area (TPSA) is 12.9 Å². The number of aromatic nitrogens is 1. The number of hydrogen-bond donors (Lipinski definition) is 0. The van der Waals surface area contributed by atoms with E-state index < -0.39 is 0 Å². The summed E-state index contributed by atoms with van der Waals surface area (Å²) in [6.07, 6.45) is 8.84. The maximum absolute atomic E-state index is 4.60. The lowest BCUT2D eigenvalue weighted by Crippen LogP contribution is -2.25. The third-order valence-electron chi connectivity index (χ3n) is 4.24. The van der Waals surface area contributed by atoms with Crippen molar-refractivity contribution in [3.05, 3.63) is 42.1 Å². The summed E-state index contributed by atoms with van der Waals surface area (Å²) in [7, 11) is 0. The van der Waals surface area contributed by atoms with Crippen LogP contribution >= 0.6 is 0 Å². The average molecular weight is 225 g/mol. The number of fused-ring (bicyclic) bond motifs is 1. The Balaban J connectivity index is 2.05. The third kappa shape index (κ3) is 1.95. The molecule has 1 aromatic heterocycles. The summed E-state index contributed by atoms with van der Waals surface area (Å²) in [5, 5.41) is 1.27. The Morgan fingerprint density at radius 3 is 2.65 bits per heavy atom. The van der Waals surface area contributed by atoms with Crippen LogP contribution in [0.2, 0.25) is 0 Å². The zero-order valence-electron chi connectivity index (χ0n) is 10.4. The highest BCUT2D eigenvalue weighted by Crippen LogP contribution is 2.39. The maximum Gasteiger partial charge on any atom is 0.0702 e. The molecule has 1 nitrogen and oxygen atoms in total. The van der Waals surface area contributed by atoms with Gasteiger partial charge in [0, 0.05) is 11.6 Å². The number of pyridine rings is 1. The molecule has 88 valence electrons. The fourth-order valence-corrected chi connectivity index (χ4v) is 3.02. The van der Waals surface area contributed by atoms with E-state index in [9.17, 15) is 0 Å². The van der Waals surface area contributed by atoms with Gasteiger partial charge in [-0.15, -0.1) is 0 Å². The number of rotatable bonds is 1. The Bertz CT molecular complexity index is 524. The molecule has 0 aliphatic heterocycles. The van der Waals surface area contributed by atoms with E-state index in [-0.39, 0.29) is 0 Å². The van der Waals surface area contributed by atoms with Crippen LogP contribution in [0.4, 0.5) is 0 Å². The Kier molecular flexibility index (Phi) is 2.62. The smallest absolute Gasteiger partial charge is 0.0702 e. The van der Waals surface area contributed by atoms with E-state index in [1.807, 2.05) is 0 Å². The van der Waals surface area contributed by atoms with Crippen molar-refractivity contribution in [2.75, 3.05) is 0 Å². The summed E-state index contributed by atoms with van der Waals surface area (Å²) in [4.78, 5) is 4.60. The van der Waals surface area contributed by atoms with Crippen LogP contribution in [0.25, 0.3) is 10.9 Å². The first-order chi connectivity index (χ1) is 8.28. The molecule has 1 heteroatoms. The SMILES string of the molecule is CC1(c2cnc3ccccc3c2)CCCCC1. The molecule has 0 saturated heterocycles. The molecule has 0 atom stereocenters. The van der Waals surface area contributed by atoms with Gasteiger partial charge in [-0.1, -0.05) is 44.4 Å². The molecular formula is C16H19N. The van der Waals surface area contributed by atoms with Gasteiger partial charge in [0.25, 0.3) is 0 Å². The van der Waals surface area contributed by atoms with Crippen LogP contribution in [0, 0.1) is 0 Å². The molecule has 0 bridgehead atoms. The number of benzene rings is 1. The maximum atomic E-state index is 4.60. The van der Waals surface area contributed by atoms with Crippen molar-refractivity contribution in [2.45, 2.75) is 44.4 Å². The Labute approximate surface area is 103 Å². The molecule has 0 N–H and O–H groups in total. The molecule has 1 aromatic carbocycles. The Hall–Kier alpha value is -1.37. The minimum Gasteiger partial charge on any atom is -0.256 e. The van der Waals surface area contributed by atoms with Gasteiger partial charge in [-0.2, -0.15) is 0 Å². The first-order valence-electron chi connectivity index (χ1n) is 6.63. The standard InChI is InChI=1S/C16H19N/c1-16(9-5-2-6-10-16)14-11-13-7-3-4-8-15(13)17-12-14/h3-4,7-8,11-12H,2,5-6,9-10H2,1H3. The van der Waals surface area contributed by atoms with Crippen molar-refractivity contribution in [1.82, 2.24) is 4.98 Å². The zero-order chi connectivity index (χ0) is 11.7. The van der Waals surface area contributed by atoms with Gasteiger partial charge in [-0.3, -0.25) is 4.98 Å². The van der Waals surface area contributed by atoms with Crippen LogP contribution in [-0.2, 0) is 5.41 Å². The molecule has 0 unspecified atom stereocenters. The molecule has 1 heterocycles. The Morgan fingerprint density at radius 1 is 1.06 bits per heavy atom. The summed E-state index contributed by atoms with van der Waals surface area (Å²) in [6, 6.07) is 10.7. The molecule has 1 aliphatic rings. The number of nitrogens with zero attached hydrogens (tertiary/aromatic N) is 1. The summed E-state index contributed by atoms with van der Waals surface area (Å²) >= 11 is 0. The zero-order valence-corrected chi connectivity index (χ0v) is 10.4. The molecule has 2 aromatic rings. The summed E-state index contributed by atoms with van der Waals surface area (Å²) < 4.78 is 0. The lowest BCUT2D eigenvalue weighted by atomic mass is 9.71. The molecule has 0 amide bonds. The highest BCUT2D eigenvalue weighted by molar-refractivity contribution is 5.79. The minimum atomic E-state index is 0.356. The molecular weight excluding hydrogens is 206 g/mol. The van der Waals surface area contributed by atoms with Gasteiger partial charge in [0.05, 0.1) is 5.52 Å². The van der Waals surface area contributed by atoms with Crippen LogP contribution in [0.5, 0.6) is 0 Å². The number of hydrogen-bond acceptors (Lipinski definition) is 1. The lowest BCUT2D eigenvalue weighted by Gasteiger charge is -2.34. The first kappa shape index (κ1) is 10.8. The summed E-state index contributed by atoms with van der Waals surface area (Å²) in [6.45, 7) is 2.40. The van der Waals surface area contributed by atoms with Crippen molar-refractivity contribution >= 4 is 10.9 Å². The minimum absolute atomic E-state index is 0.356. The van der Waals surface area contributed by atoms with Gasteiger partial charge >= 0.3 is 0 Å². The molecule has 0 spiro atoms. The van der Waals surface area contributed by atoms with Crippen LogP contribution in [0.3, 0.4) is 0 Å². The van der Waals surface area contributed by atoms with E-state index in [0.717, 1.165) is 5.52 Å². The second kappa shape index (κ2) is 4.14.